The molecule has 0 saturated heterocycles. The van der Waals surface area contributed by atoms with Gasteiger partial charge in [0.05, 0.1) is 21.1 Å². The number of thiophene rings is 1. The maximum absolute atomic E-state index is 11.7. The van der Waals surface area contributed by atoms with E-state index in [0.29, 0.717) is 6.61 Å². The summed E-state index contributed by atoms with van der Waals surface area (Å²) in [6.07, 6.45) is 0.876. The first-order chi connectivity index (χ1) is 7.17. The molecule has 0 aromatic carbocycles. The van der Waals surface area contributed by atoms with Gasteiger partial charge in [-0.05, 0) is 35.1 Å². The predicted molar refractivity (Wildman–Crippen MR) is 70.5 cm³/mol. The molecule has 0 spiro atoms. The fourth-order valence-electron chi connectivity index (χ4n) is 1.16. The monoisotopic (exact) mass is 339 g/mol. The smallest absolute Gasteiger partial charge is 0.252 e. The van der Waals surface area contributed by atoms with E-state index in [1.807, 2.05) is 18.4 Å². The molecule has 0 aliphatic rings. The van der Waals surface area contributed by atoms with Gasteiger partial charge in [0.25, 0.3) is 5.91 Å². The summed E-state index contributed by atoms with van der Waals surface area (Å²) in [7, 11) is 1.64. The molecule has 1 unspecified atom stereocenters. The van der Waals surface area contributed by atoms with E-state index in [9.17, 15) is 4.79 Å². The molecule has 0 bridgehead atoms. The molecule has 1 heterocycles. The number of rotatable bonds is 5. The summed E-state index contributed by atoms with van der Waals surface area (Å²) in [6, 6.07) is 1.99. The molecule has 0 saturated carbocycles. The maximum atomic E-state index is 11.7. The Kier molecular flexibility index (Phi) is 5.55. The van der Waals surface area contributed by atoms with Crippen molar-refractivity contribution in [3.05, 3.63) is 19.9 Å². The maximum Gasteiger partial charge on any atom is 0.252 e. The van der Waals surface area contributed by atoms with Crippen molar-refractivity contribution >= 4 is 39.8 Å². The highest BCUT2D eigenvalue weighted by molar-refractivity contribution is 14.1. The van der Waals surface area contributed by atoms with Crippen LogP contribution in [0.4, 0.5) is 0 Å². The lowest BCUT2D eigenvalue weighted by Gasteiger charge is -2.15. The Bertz CT molecular complexity index is 327. The van der Waals surface area contributed by atoms with Gasteiger partial charge in [-0.25, -0.2) is 0 Å². The first-order valence-electron chi connectivity index (χ1n) is 4.71. The van der Waals surface area contributed by atoms with Crippen LogP contribution in [0.3, 0.4) is 0 Å². The SMILES string of the molecule is CCC(COC)NC(=O)c1csc(I)c1. The quantitative estimate of drug-likeness (QED) is 0.838. The molecular formula is C10H14INO2S. The molecule has 0 radical (unpaired) electrons. The summed E-state index contributed by atoms with van der Waals surface area (Å²) < 4.78 is 6.15. The highest BCUT2D eigenvalue weighted by Crippen LogP contribution is 2.16. The van der Waals surface area contributed by atoms with Crippen LogP contribution in [0.5, 0.6) is 0 Å². The van der Waals surface area contributed by atoms with Crippen LogP contribution in [0.25, 0.3) is 0 Å². The average Bonchev–Trinajstić information content (AvgIpc) is 2.64. The van der Waals surface area contributed by atoms with Crippen molar-refractivity contribution in [2.45, 2.75) is 19.4 Å². The minimum absolute atomic E-state index is 0.0157. The van der Waals surface area contributed by atoms with Crippen LogP contribution in [0, 0.1) is 2.88 Å². The third-order valence-corrected chi connectivity index (χ3v) is 3.81. The molecule has 1 aromatic heterocycles. The number of amides is 1. The molecule has 1 amide bonds. The van der Waals surface area contributed by atoms with Gasteiger partial charge in [0.2, 0.25) is 0 Å². The van der Waals surface area contributed by atoms with Gasteiger partial charge >= 0.3 is 0 Å². The highest BCUT2D eigenvalue weighted by Gasteiger charge is 2.12. The largest absolute Gasteiger partial charge is 0.383 e. The van der Waals surface area contributed by atoms with Crippen molar-refractivity contribution in [1.29, 1.82) is 0 Å². The van der Waals surface area contributed by atoms with E-state index < -0.39 is 0 Å². The number of nitrogens with one attached hydrogen (secondary N) is 1. The lowest BCUT2D eigenvalue weighted by molar-refractivity contribution is 0.0895. The van der Waals surface area contributed by atoms with Crippen LogP contribution in [0.2, 0.25) is 0 Å². The summed E-state index contributed by atoms with van der Waals surface area (Å²) >= 11 is 3.78. The van der Waals surface area contributed by atoms with Gasteiger partial charge in [-0.3, -0.25) is 4.79 Å². The van der Waals surface area contributed by atoms with E-state index in [0.717, 1.165) is 14.9 Å². The normalized spacial score (nSPS) is 12.5. The van der Waals surface area contributed by atoms with Gasteiger partial charge in [-0.1, -0.05) is 6.92 Å². The Hall–Kier alpha value is -0.140. The fourth-order valence-corrected chi connectivity index (χ4v) is 2.49. The Balaban J connectivity index is 2.54. The standard InChI is InChI=1S/C10H14INO2S/c1-3-8(5-14-2)12-10(13)7-4-9(11)15-6-7/h4,6,8H,3,5H2,1-2H3,(H,12,13). The molecule has 0 aliphatic carbocycles. The lowest BCUT2D eigenvalue weighted by atomic mass is 10.2. The summed E-state index contributed by atoms with van der Waals surface area (Å²) in [4.78, 5) is 11.7. The van der Waals surface area contributed by atoms with Crippen LogP contribution in [0.15, 0.2) is 11.4 Å². The van der Waals surface area contributed by atoms with Crippen LogP contribution in [-0.2, 0) is 4.74 Å². The van der Waals surface area contributed by atoms with Crippen molar-refractivity contribution < 1.29 is 9.53 Å². The van der Waals surface area contributed by atoms with Crippen molar-refractivity contribution in [2.24, 2.45) is 0 Å². The predicted octanol–water partition coefficient (Wildman–Crippen LogP) is 2.51. The van der Waals surface area contributed by atoms with Crippen molar-refractivity contribution in [3.8, 4) is 0 Å². The second kappa shape index (κ2) is 6.44. The van der Waals surface area contributed by atoms with Crippen molar-refractivity contribution in [3.63, 3.8) is 0 Å². The molecule has 0 aliphatic heterocycles. The Labute approximate surface area is 107 Å². The first kappa shape index (κ1) is 12.9. The number of hydrogen-bond acceptors (Lipinski definition) is 3. The van der Waals surface area contributed by atoms with Crippen LogP contribution >= 0.6 is 33.9 Å². The number of halogens is 1. The molecule has 0 fully saturated rings. The van der Waals surface area contributed by atoms with Gasteiger partial charge in [-0.15, -0.1) is 11.3 Å². The third kappa shape index (κ3) is 4.08. The summed E-state index contributed by atoms with van der Waals surface area (Å²) in [6.45, 7) is 2.59. The Morgan fingerprint density at radius 3 is 2.93 bits per heavy atom. The van der Waals surface area contributed by atoms with Gasteiger partial charge in [0, 0.05) is 12.5 Å². The minimum Gasteiger partial charge on any atom is -0.383 e. The second-order valence-electron chi connectivity index (χ2n) is 3.17. The third-order valence-electron chi connectivity index (χ3n) is 2.03. The van der Waals surface area contributed by atoms with E-state index >= 15 is 0 Å². The highest BCUT2D eigenvalue weighted by atomic mass is 127. The zero-order chi connectivity index (χ0) is 11.3. The second-order valence-corrected chi connectivity index (χ2v) is 5.98. The van der Waals surface area contributed by atoms with Crippen LogP contribution in [-0.4, -0.2) is 25.7 Å². The molecule has 84 valence electrons. The number of methoxy groups -OCH3 is 1. The molecule has 1 rings (SSSR count). The van der Waals surface area contributed by atoms with Crippen LogP contribution < -0.4 is 5.32 Å². The molecule has 3 nitrogen and oxygen atoms in total. The molecular weight excluding hydrogens is 325 g/mol. The number of hydrogen-bond donors (Lipinski definition) is 1. The lowest BCUT2D eigenvalue weighted by Crippen LogP contribution is -2.37. The molecule has 1 aromatic rings. The molecule has 1 atom stereocenters. The molecule has 5 heteroatoms. The van der Waals surface area contributed by atoms with Gasteiger partial charge in [0.1, 0.15) is 0 Å². The summed E-state index contributed by atoms with van der Waals surface area (Å²) in [5.74, 6) is -0.0157. The van der Waals surface area contributed by atoms with E-state index in [-0.39, 0.29) is 11.9 Å². The number of carbonyl (C=O) groups is 1. The van der Waals surface area contributed by atoms with E-state index in [2.05, 4.69) is 27.9 Å². The number of ether oxygens (including phenoxy) is 1. The fraction of sp³-hybridized carbons (Fsp3) is 0.500. The van der Waals surface area contributed by atoms with Gasteiger partial charge in [0.15, 0.2) is 0 Å². The zero-order valence-electron chi connectivity index (χ0n) is 8.75. The topological polar surface area (TPSA) is 38.3 Å². The number of carbonyl (C=O) groups excluding carboxylic acids is 1. The zero-order valence-corrected chi connectivity index (χ0v) is 11.7. The van der Waals surface area contributed by atoms with Crippen molar-refractivity contribution in [2.75, 3.05) is 13.7 Å². The first-order valence-corrected chi connectivity index (χ1v) is 6.67. The molecule has 15 heavy (non-hydrogen) atoms. The summed E-state index contributed by atoms with van der Waals surface area (Å²) in [5.41, 5.74) is 0.735. The Morgan fingerprint density at radius 2 is 2.47 bits per heavy atom. The Morgan fingerprint density at radius 1 is 1.73 bits per heavy atom. The van der Waals surface area contributed by atoms with Crippen molar-refractivity contribution in [1.82, 2.24) is 5.32 Å². The van der Waals surface area contributed by atoms with E-state index in [1.165, 1.54) is 0 Å². The van der Waals surface area contributed by atoms with E-state index in [4.69, 9.17) is 4.74 Å². The van der Waals surface area contributed by atoms with E-state index in [1.54, 1.807) is 18.4 Å². The average molecular weight is 339 g/mol. The molecule has 1 N–H and O–H groups in total. The van der Waals surface area contributed by atoms with Gasteiger partial charge < -0.3 is 10.1 Å². The minimum atomic E-state index is -0.0157. The van der Waals surface area contributed by atoms with Gasteiger partial charge in [-0.2, -0.15) is 0 Å². The summed E-state index contributed by atoms with van der Waals surface area (Å²) in [5, 5.41) is 4.81. The van der Waals surface area contributed by atoms with Crippen LogP contribution in [0.1, 0.15) is 23.7 Å².